The Hall–Kier alpha value is -2.31. The molecule has 1 atom stereocenters. The summed E-state index contributed by atoms with van der Waals surface area (Å²) < 4.78 is 5.70. The van der Waals surface area contributed by atoms with Gasteiger partial charge >= 0.3 is 0 Å². The van der Waals surface area contributed by atoms with Crippen LogP contribution in [0.2, 0.25) is 0 Å². The molecule has 1 aromatic heterocycles. The highest BCUT2D eigenvalue weighted by Crippen LogP contribution is 2.23. The normalized spacial score (nSPS) is 11.6. The van der Waals surface area contributed by atoms with Crippen molar-refractivity contribution in [1.29, 1.82) is 0 Å². The summed E-state index contributed by atoms with van der Waals surface area (Å²) in [5.41, 5.74) is 1.14. The Bertz CT molecular complexity index is 649. The number of ether oxygens (including phenoxy) is 1. The quantitative estimate of drug-likeness (QED) is 0.676. The number of hydrogen-bond donors (Lipinski definition) is 3. The van der Waals surface area contributed by atoms with Gasteiger partial charge in [0.15, 0.2) is 0 Å². The van der Waals surface area contributed by atoms with E-state index in [0.717, 1.165) is 5.69 Å². The van der Waals surface area contributed by atoms with E-state index in [9.17, 15) is 9.90 Å². The van der Waals surface area contributed by atoms with Crippen molar-refractivity contribution in [3.8, 4) is 11.5 Å². The molecule has 0 fully saturated rings. The number of aliphatic hydroxyl groups excluding tert-OH is 1. The van der Waals surface area contributed by atoms with E-state index in [-0.39, 0.29) is 11.8 Å². The minimum atomic E-state index is -0.590. The van der Waals surface area contributed by atoms with Crippen LogP contribution in [-0.4, -0.2) is 41.6 Å². The zero-order chi connectivity index (χ0) is 16.7. The lowest BCUT2D eigenvalue weighted by Gasteiger charge is -2.11. The number of hydrogen-bond acceptors (Lipinski definition) is 5. The number of carbonyl (C=O) groups is 1. The summed E-state index contributed by atoms with van der Waals surface area (Å²) >= 11 is 5.54. The van der Waals surface area contributed by atoms with Crippen molar-refractivity contribution >= 4 is 23.2 Å². The molecule has 1 unspecified atom stereocenters. The first-order valence-corrected chi connectivity index (χ1v) is 7.59. The van der Waals surface area contributed by atoms with Gasteiger partial charge < -0.3 is 20.5 Å². The number of amides is 1. The zero-order valence-electron chi connectivity index (χ0n) is 12.6. The molecule has 0 bridgehead atoms. The molecule has 122 valence electrons. The topological polar surface area (TPSA) is 83.5 Å². The van der Waals surface area contributed by atoms with Gasteiger partial charge in [-0.3, -0.25) is 9.78 Å². The highest BCUT2D eigenvalue weighted by atomic mass is 35.5. The fraction of sp³-hybridized carbons (Fsp3) is 0.250. The Morgan fingerprint density at radius 1 is 1.30 bits per heavy atom. The molecule has 0 spiro atoms. The number of carbonyl (C=O) groups excluding carboxylic acids is 1. The van der Waals surface area contributed by atoms with Crippen LogP contribution in [0.5, 0.6) is 11.5 Å². The average molecular weight is 336 g/mol. The van der Waals surface area contributed by atoms with Crippen molar-refractivity contribution in [3.63, 3.8) is 0 Å². The highest BCUT2D eigenvalue weighted by Gasteiger charge is 2.07. The van der Waals surface area contributed by atoms with Crippen LogP contribution in [0, 0.1) is 0 Å². The summed E-state index contributed by atoms with van der Waals surface area (Å²) in [7, 11) is 1.55. The number of anilines is 1. The van der Waals surface area contributed by atoms with E-state index < -0.39 is 6.10 Å². The van der Waals surface area contributed by atoms with Crippen molar-refractivity contribution in [1.82, 2.24) is 10.3 Å². The highest BCUT2D eigenvalue weighted by molar-refractivity contribution is 6.18. The Morgan fingerprint density at radius 3 is 2.70 bits per heavy atom. The maximum absolute atomic E-state index is 11.5. The molecule has 1 heterocycles. The van der Waals surface area contributed by atoms with Crippen LogP contribution in [0.3, 0.4) is 0 Å². The van der Waals surface area contributed by atoms with Crippen LogP contribution >= 0.6 is 11.6 Å². The second kappa shape index (κ2) is 8.36. The van der Waals surface area contributed by atoms with Crippen LogP contribution in [0.4, 0.5) is 5.69 Å². The summed E-state index contributed by atoms with van der Waals surface area (Å²) in [6.07, 6.45) is 0.927. The van der Waals surface area contributed by atoms with Crippen molar-refractivity contribution in [3.05, 3.63) is 48.3 Å². The van der Waals surface area contributed by atoms with Crippen LogP contribution in [-0.2, 0) is 0 Å². The molecule has 1 amide bonds. The number of nitrogens with one attached hydrogen (secondary N) is 2. The van der Waals surface area contributed by atoms with E-state index in [1.54, 1.807) is 31.3 Å². The lowest BCUT2D eigenvalue weighted by molar-refractivity contribution is 0.0958. The molecule has 0 aliphatic carbocycles. The molecule has 1 aromatic carbocycles. The van der Waals surface area contributed by atoms with Crippen LogP contribution in [0.1, 0.15) is 10.5 Å². The third-order valence-electron chi connectivity index (χ3n) is 3.00. The summed E-state index contributed by atoms with van der Waals surface area (Å²) in [6, 6.07) is 10.5. The molecule has 0 saturated carbocycles. The van der Waals surface area contributed by atoms with Gasteiger partial charge in [-0.25, -0.2) is 0 Å². The number of alkyl halides is 1. The van der Waals surface area contributed by atoms with Crippen LogP contribution in [0.25, 0.3) is 0 Å². The fourth-order valence-electron chi connectivity index (χ4n) is 1.79. The third kappa shape index (κ3) is 5.12. The molecule has 23 heavy (non-hydrogen) atoms. The molecule has 7 heteroatoms. The number of rotatable bonds is 7. The van der Waals surface area contributed by atoms with Gasteiger partial charge in [-0.05, 0) is 30.3 Å². The van der Waals surface area contributed by atoms with Gasteiger partial charge in [-0.2, -0.15) is 0 Å². The van der Waals surface area contributed by atoms with E-state index >= 15 is 0 Å². The first kappa shape index (κ1) is 17.1. The van der Waals surface area contributed by atoms with Gasteiger partial charge in [0, 0.05) is 31.5 Å². The molecule has 6 nitrogen and oxygen atoms in total. The molecule has 0 aliphatic rings. The Labute approximate surface area is 139 Å². The van der Waals surface area contributed by atoms with Crippen LogP contribution < -0.4 is 15.4 Å². The van der Waals surface area contributed by atoms with Gasteiger partial charge in [0.25, 0.3) is 5.91 Å². The minimum absolute atomic E-state index is 0.184. The van der Waals surface area contributed by atoms with Gasteiger partial charge in [-0.15, -0.1) is 11.6 Å². The SMILES string of the molecule is CNC(=O)c1cc(Oc2ccc(NCC(O)CCl)cc2)ccn1. The van der Waals surface area contributed by atoms with E-state index in [1.807, 2.05) is 12.1 Å². The van der Waals surface area contributed by atoms with Gasteiger partial charge in [0.05, 0.1) is 12.0 Å². The number of aromatic nitrogens is 1. The summed E-state index contributed by atoms with van der Waals surface area (Å²) in [4.78, 5) is 15.5. The molecule has 2 aromatic rings. The van der Waals surface area contributed by atoms with Crippen LogP contribution in [0.15, 0.2) is 42.6 Å². The Balaban J connectivity index is 1.99. The maximum Gasteiger partial charge on any atom is 0.269 e. The van der Waals surface area contributed by atoms with Crippen molar-refractivity contribution < 1.29 is 14.6 Å². The lowest BCUT2D eigenvalue weighted by atomic mass is 10.3. The second-order valence-corrected chi connectivity index (χ2v) is 5.08. The fourth-order valence-corrected chi connectivity index (χ4v) is 1.90. The van der Waals surface area contributed by atoms with Gasteiger partial charge in [-0.1, -0.05) is 0 Å². The van der Waals surface area contributed by atoms with Crippen molar-refractivity contribution in [2.24, 2.45) is 0 Å². The predicted octanol–water partition coefficient (Wildman–Crippen LogP) is 2.25. The van der Waals surface area contributed by atoms with Gasteiger partial charge in [0.2, 0.25) is 0 Å². The Kier molecular flexibility index (Phi) is 6.19. The third-order valence-corrected chi connectivity index (χ3v) is 3.36. The molecule has 0 saturated heterocycles. The Morgan fingerprint density at radius 2 is 2.04 bits per heavy atom. The largest absolute Gasteiger partial charge is 0.457 e. The minimum Gasteiger partial charge on any atom is -0.457 e. The maximum atomic E-state index is 11.5. The van der Waals surface area contributed by atoms with E-state index in [1.165, 1.54) is 6.20 Å². The number of halogens is 1. The van der Waals surface area contributed by atoms with Crippen molar-refractivity contribution in [2.75, 3.05) is 24.8 Å². The second-order valence-electron chi connectivity index (χ2n) is 4.77. The summed E-state index contributed by atoms with van der Waals surface area (Å²) in [5, 5.41) is 15.0. The molecule has 2 rings (SSSR count). The number of nitrogens with zero attached hydrogens (tertiary/aromatic N) is 1. The zero-order valence-corrected chi connectivity index (χ0v) is 13.4. The molecule has 0 aliphatic heterocycles. The molecule has 3 N–H and O–H groups in total. The monoisotopic (exact) mass is 335 g/mol. The standard InChI is InChI=1S/C16H18ClN3O3/c1-18-16(22)15-8-14(6-7-19-15)23-13-4-2-11(3-5-13)20-10-12(21)9-17/h2-8,12,20-21H,9-10H2,1H3,(H,18,22). The predicted molar refractivity (Wildman–Crippen MR) is 89.4 cm³/mol. The molecular weight excluding hydrogens is 318 g/mol. The molecular formula is C16H18ClN3O3. The lowest BCUT2D eigenvalue weighted by Crippen LogP contribution is -2.20. The number of pyridine rings is 1. The van der Waals surface area contributed by atoms with E-state index in [2.05, 4.69) is 15.6 Å². The number of aliphatic hydroxyl groups is 1. The first-order chi connectivity index (χ1) is 11.1. The van der Waals surface area contributed by atoms with E-state index in [0.29, 0.717) is 23.7 Å². The smallest absolute Gasteiger partial charge is 0.269 e. The summed E-state index contributed by atoms with van der Waals surface area (Å²) in [6.45, 7) is 0.379. The summed E-state index contributed by atoms with van der Waals surface area (Å²) in [5.74, 6) is 1.07. The average Bonchev–Trinajstić information content (AvgIpc) is 2.60. The van der Waals surface area contributed by atoms with E-state index in [4.69, 9.17) is 16.3 Å². The number of benzene rings is 1. The molecule has 0 radical (unpaired) electrons. The van der Waals surface area contributed by atoms with Gasteiger partial charge in [0.1, 0.15) is 17.2 Å². The first-order valence-electron chi connectivity index (χ1n) is 7.06. The van der Waals surface area contributed by atoms with Crippen molar-refractivity contribution in [2.45, 2.75) is 6.10 Å².